The molecular weight excluding hydrogens is 334 g/mol. The van der Waals surface area contributed by atoms with Crippen molar-refractivity contribution in [2.75, 3.05) is 40.0 Å². The van der Waals surface area contributed by atoms with Gasteiger partial charge in [0.05, 0.1) is 32.4 Å². The fraction of sp³-hybridized carbons (Fsp3) is 0.500. The second-order valence-corrected chi connectivity index (χ2v) is 5.81. The molecule has 1 atom stereocenters. The SMILES string of the molecule is COc1cc2ncnc(Cl)c2cc1OCCC(O)N1CCOCC1. The van der Waals surface area contributed by atoms with E-state index >= 15 is 0 Å². The summed E-state index contributed by atoms with van der Waals surface area (Å²) in [4.78, 5) is 10.1. The van der Waals surface area contributed by atoms with Crippen LogP contribution in [0.5, 0.6) is 11.5 Å². The van der Waals surface area contributed by atoms with Crippen LogP contribution in [-0.2, 0) is 4.74 Å². The summed E-state index contributed by atoms with van der Waals surface area (Å²) in [7, 11) is 1.57. The molecule has 1 unspecified atom stereocenters. The highest BCUT2D eigenvalue weighted by Crippen LogP contribution is 2.33. The van der Waals surface area contributed by atoms with Crippen LogP contribution in [0.3, 0.4) is 0 Å². The molecule has 1 aliphatic rings. The Morgan fingerprint density at radius 3 is 2.83 bits per heavy atom. The van der Waals surface area contributed by atoms with Crippen LogP contribution < -0.4 is 9.47 Å². The van der Waals surface area contributed by atoms with Gasteiger partial charge in [-0.1, -0.05) is 11.6 Å². The summed E-state index contributed by atoms with van der Waals surface area (Å²) in [6, 6.07) is 3.52. The first-order valence-electron chi connectivity index (χ1n) is 7.80. The van der Waals surface area contributed by atoms with Gasteiger partial charge >= 0.3 is 0 Å². The first-order valence-corrected chi connectivity index (χ1v) is 8.17. The third kappa shape index (κ3) is 3.87. The van der Waals surface area contributed by atoms with Gasteiger partial charge in [-0.3, -0.25) is 4.90 Å². The summed E-state index contributed by atoms with van der Waals surface area (Å²) in [5.74, 6) is 1.12. The molecular formula is C16H20ClN3O4. The molecule has 0 spiro atoms. The van der Waals surface area contributed by atoms with Crippen LogP contribution in [0.25, 0.3) is 10.9 Å². The monoisotopic (exact) mass is 353 g/mol. The molecule has 0 radical (unpaired) electrons. The smallest absolute Gasteiger partial charge is 0.162 e. The van der Waals surface area contributed by atoms with Crippen LogP contribution in [0.4, 0.5) is 0 Å². The van der Waals surface area contributed by atoms with E-state index < -0.39 is 6.23 Å². The first kappa shape index (κ1) is 17.2. The highest BCUT2D eigenvalue weighted by atomic mass is 35.5. The minimum absolute atomic E-state index is 0.353. The number of aliphatic hydroxyl groups excluding tert-OH is 1. The van der Waals surface area contributed by atoms with Crippen molar-refractivity contribution in [3.05, 3.63) is 23.6 Å². The van der Waals surface area contributed by atoms with Gasteiger partial charge in [-0.15, -0.1) is 0 Å². The molecule has 3 rings (SSSR count). The van der Waals surface area contributed by atoms with Crippen LogP contribution >= 0.6 is 11.6 Å². The van der Waals surface area contributed by atoms with E-state index in [2.05, 4.69) is 9.97 Å². The number of ether oxygens (including phenoxy) is 3. The molecule has 0 saturated carbocycles. The average Bonchev–Trinajstić information content (AvgIpc) is 2.62. The lowest BCUT2D eigenvalue weighted by atomic mass is 10.2. The van der Waals surface area contributed by atoms with Gasteiger partial charge in [0, 0.05) is 31.0 Å². The third-order valence-electron chi connectivity index (χ3n) is 3.97. The molecule has 0 bridgehead atoms. The number of morpholine rings is 1. The van der Waals surface area contributed by atoms with E-state index in [1.54, 1.807) is 19.2 Å². The van der Waals surface area contributed by atoms with Crippen LogP contribution in [0.15, 0.2) is 18.5 Å². The summed E-state index contributed by atoms with van der Waals surface area (Å²) in [5, 5.41) is 11.3. The minimum atomic E-state index is -0.549. The molecule has 24 heavy (non-hydrogen) atoms. The van der Waals surface area contributed by atoms with E-state index in [9.17, 15) is 5.11 Å². The molecule has 130 valence electrons. The van der Waals surface area contributed by atoms with E-state index in [1.807, 2.05) is 4.90 Å². The molecule has 1 aromatic heterocycles. The van der Waals surface area contributed by atoms with Crippen molar-refractivity contribution >= 4 is 22.5 Å². The molecule has 7 nitrogen and oxygen atoms in total. The Kier molecular flexibility index (Phi) is 5.68. The Balaban J connectivity index is 1.66. The summed E-state index contributed by atoms with van der Waals surface area (Å²) < 4.78 is 16.4. The number of halogens is 1. The molecule has 2 aromatic rings. The quantitative estimate of drug-likeness (QED) is 0.792. The average molecular weight is 354 g/mol. The Labute approximate surface area is 145 Å². The summed E-state index contributed by atoms with van der Waals surface area (Å²) in [6.07, 6.45) is 1.34. The number of benzene rings is 1. The molecule has 2 heterocycles. The van der Waals surface area contributed by atoms with E-state index in [-0.39, 0.29) is 0 Å². The van der Waals surface area contributed by atoms with Crippen molar-refractivity contribution < 1.29 is 19.3 Å². The van der Waals surface area contributed by atoms with Crippen molar-refractivity contribution in [2.24, 2.45) is 0 Å². The van der Waals surface area contributed by atoms with Crippen molar-refractivity contribution in [1.82, 2.24) is 14.9 Å². The number of rotatable bonds is 6. The van der Waals surface area contributed by atoms with Gasteiger partial charge < -0.3 is 19.3 Å². The van der Waals surface area contributed by atoms with Crippen molar-refractivity contribution in [3.8, 4) is 11.5 Å². The molecule has 1 N–H and O–H groups in total. The lowest BCUT2D eigenvalue weighted by molar-refractivity contribution is -0.0654. The number of fused-ring (bicyclic) bond motifs is 1. The molecule has 1 saturated heterocycles. The van der Waals surface area contributed by atoms with Gasteiger partial charge in [-0.25, -0.2) is 9.97 Å². The van der Waals surface area contributed by atoms with Gasteiger partial charge in [-0.2, -0.15) is 0 Å². The number of hydrogen-bond donors (Lipinski definition) is 1. The van der Waals surface area contributed by atoms with E-state index in [0.717, 1.165) is 13.1 Å². The van der Waals surface area contributed by atoms with E-state index in [0.29, 0.717) is 53.8 Å². The minimum Gasteiger partial charge on any atom is -0.493 e. The van der Waals surface area contributed by atoms with Crippen LogP contribution in [-0.4, -0.2) is 66.2 Å². The maximum Gasteiger partial charge on any atom is 0.162 e. The normalized spacial score (nSPS) is 17.0. The van der Waals surface area contributed by atoms with Crippen LogP contribution in [0.1, 0.15) is 6.42 Å². The molecule has 0 aliphatic carbocycles. The summed E-state index contributed by atoms with van der Waals surface area (Å²) in [6.45, 7) is 3.11. The molecule has 0 amide bonds. The van der Waals surface area contributed by atoms with E-state index in [4.69, 9.17) is 25.8 Å². The lowest BCUT2D eigenvalue weighted by Crippen LogP contribution is -2.44. The van der Waals surface area contributed by atoms with E-state index in [1.165, 1.54) is 6.33 Å². The second kappa shape index (κ2) is 7.94. The van der Waals surface area contributed by atoms with Gasteiger partial charge in [0.2, 0.25) is 0 Å². The number of nitrogens with zero attached hydrogens (tertiary/aromatic N) is 3. The largest absolute Gasteiger partial charge is 0.493 e. The zero-order valence-corrected chi connectivity index (χ0v) is 14.2. The van der Waals surface area contributed by atoms with Crippen LogP contribution in [0, 0.1) is 0 Å². The number of methoxy groups -OCH3 is 1. The maximum atomic E-state index is 10.2. The maximum absolute atomic E-state index is 10.2. The first-order chi connectivity index (χ1) is 11.7. The topological polar surface area (TPSA) is 76.9 Å². The van der Waals surface area contributed by atoms with Crippen molar-refractivity contribution in [2.45, 2.75) is 12.6 Å². The lowest BCUT2D eigenvalue weighted by Gasteiger charge is -2.31. The highest BCUT2D eigenvalue weighted by Gasteiger charge is 2.19. The van der Waals surface area contributed by atoms with Gasteiger partial charge in [0.25, 0.3) is 0 Å². The Hall–Kier alpha value is -1.67. The molecule has 1 aromatic carbocycles. The van der Waals surface area contributed by atoms with Crippen LogP contribution in [0.2, 0.25) is 5.15 Å². The Morgan fingerprint density at radius 2 is 2.08 bits per heavy atom. The predicted octanol–water partition coefficient (Wildman–Crippen LogP) is 1.71. The number of aliphatic hydroxyl groups is 1. The highest BCUT2D eigenvalue weighted by molar-refractivity contribution is 6.34. The summed E-state index contributed by atoms with van der Waals surface area (Å²) >= 11 is 6.10. The van der Waals surface area contributed by atoms with Gasteiger partial charge in [0.15, 0.2) is 11.5 Å². The molecule has 1 aliphatic heterocycles. The number of hydrogen-bond acceptors (Lipinski definition) is 7. The molecule has 1 fully saturated rings. The fourth-order valence-corrected chi connectivity index (χ4v) is 2.83. The summed E-state index contributed by atoms with van der Waals surface area (Å²) in [5.41, 5.74) is 0.688. The Bertz CT molecular complexity index is 694. The molecule has 8 heteroatoms. The third-order valence-corrected chi connectivity index (χ3v) is 4.27. The fourth-order valence-electron chi connectivity index (χ4n) is 2.64. The van der Waals surface area contributed by atoms with Crippen molar-refractivity contribution in [1.29, 1.82) is 0 Å². The predicted molar refractivity (Wildman–Crippen MR) is 89.6 cm³/mol. The van der Waals surface area contributed by atoms with Gasteiger partial charge in [-0.05, 0) is 6.07 Å². The second-order valence-electron chi connectivity index (χ2n) is 5.45. The number of aromatic nitrogens is 2. The zero-order chi connectivity index (χ0) is 16.9. The van der Waals surface area contributed by atoms with Gasteiger partial charge in [0.1, 0.15) is 17.7 Å². The standard InChI is InChI=1S/C16H20ClN3O4/c1-22-13-9-12-11(16(17)19-10-18-12)8-14(13)24-5-2-15(21)20-3-6-23-7-4-20/h8-10,15,21H,2-7H2,1H3. The Morgan fingerprint density at radius 1 is 1.29 bits per heavy atom. The zero-order valence-electron chi connectivity index (χ0n) is 13.4. The van der Waals surface area contributed by atoms with Crippen molar-refractivity contribution in [3.63, 3.8) is 0 Å².